The summed E-state index contributed by atoms with van der Waals surface area (Å²) in [5.41, 5.74) is 1.02. The van der Waals surface area contributed by atoms with Crippen molar-refractivity contribution in [2.45, 2.75) is 63.8 Å². The van der Waals surface area contributed by atoms with Gasteiger partial charge in [0.05, 0.1) is 6.20 Å². The van der Waals surface area contributed by atoms with E-state index in [4.69, 9.17) is 4.42 Å². The first-order valence-corrected chi connectivity index (χ1v) is 10.3. The SMILES string of the molecule is O=C(CCCc1ncc(-c2ccccc2)o1)NCCNC1CCCCCC1. The lowest BCUT2D eigenvalue weighted by Crippen LogP contribution is -2.36. The summed E-state index contributed by atoms with van der Waals surface area (Å²) >= 11 is 0. The number of carbonyl (C=O) groups is 1. The number of aryl methyl sites for hydroxylation is 1. The van der Waals surface area contributed by atoms with Crippen LogP contribution in [0.5, 0.6) is 0 Å². The molecule has 0 saturated heterocycles. The Morgan fingerprint density at radius 2 is 1.85 bits per heavy atom. The Bertz CT molecular complexity index is 676. The van der Waals surface area contributed by atoms with Gasteiger partial charge in [0.1, 0.15) is 0 Å². The fraction of sp³-hybridized carbons (Fsp3) is 0.545. The Morgan fingerprint density at radius 1 is 1.07 bits per heavy atom. The maximum atomic E-state index is 12.0. The second-order valence-corrected chi connectivity index (χ2v) is 7.33. The van der Waals surface area contributed by atoms with Crippen LogP contribution < -0.4 is 10.6 Å². The van der Waals surface area contributed by atoms with Crippen molar-refractivity contribution in [1.29, 1.82) is 0 Å². The maximum absolute atomic E-state index is 12.0. The highest BCUT2D eigenvalue weighted by Crippen LogP contribution is 2.20. The molecule has 1 aromatic heterocycles. The van der Waals surface area contributed by atoms with Crippen molar-refractivity contribution in [3.63, 3.8) is 0 Å². The highest BCUT2D eigenvalue weighted by atomic mass is 16.4. The van der Waals surface area contributed by atoms with Gasteiger partial charge in [-0.05, 0) is 19.3 Å². The first kappa shape index (κ1) is 19.6. The van der Waals surface area contributed by atoms with Crippen LogP contribution in [0.2, 0.25) is 0 Å². The molecule has 2 N–H and O–H groups in total. The minimum Gasteiger partial charge on any atom is -0.441 e. The molecule has 1 saturated carbocycles. The summed E-state index contributed by atoms with van der Waals surface area (Å²) in [5, 5.41) is 6.58. The lowest BCUT2D eigenvalue weighted by Gasteiger charge is -2.16. The molecule has 0 radical (unpaired) electrons. The molecule has 27 heavy (non-hydrogen) atoms. The second kappa shape index (κ2) is 10.9. The van der Waals surface area contributed by atoms with Gasteiger partial charge in [-0.3, -0.25) is 4.79 Å². The Hall–Kier alpha value is -2.14. The molecule has 5 heteroatoms. The summed E-state index contributed by atoms with van der Waals surface area (Å²) in [4.78, 5) is 16.3. The fourth-order valence-corrected chi connectivity index (χ4v) is 3.61. The molecule has 0 bridgehead atoms. The molecule has 146 valence electrons. The molecule has 3 rings (SSSR count). The average Bonchev–Trinajstić information content (AvgIpc) is 3.01. The zero-order chi connectivity index (χ0) is 18.7. The van der Waals surface area contributed by atoms with Gasteiger partial charge in [0.25, 0.3) is 0 Å². The number of aromatic nitrogens is 1. The summed E-state index contributed by atoms with van der Waals surface area (Å²) in [6.07, 6.45) is 11.6. The van der Waals surface area contributed by atoms with Gasteiger partial charge < -0.3 is 15.1 Å². The van der Waals surface area contributed by atoms with Crippen LogP contribution in [0.25, 0.3) is 11.3 Å². The molecule has 1 fully saturated rings. The number of hydrogen-bond acceptors (Lipinski definition) is 4. The van der Waals surface area contributed by atoms with E-state index in [-0.39, 0.29) is 5.91 Å². The molecule has 0 aliphatic heterocycles. The van der Waals surface area contributed by atoms with Gasteiger partial charge in [-0.2, -0.15) is 0 Å². The van der Waals surface area contributed by atoms with Gasteiger partial charge in [0, 0.05) is 37.5 Å². The van der Waals surface area contributed by atoms with Gasteiger partial charge in [-0.1, -0.05) is 56.0 Å². The highest BCUT2D eigenvalue weighted by Gasteiger charge is 2.11. The number of amides is 1. The van der Waals surface area contributed by atoms with E-state index in [9.17, 15) is 4.79 Å². The van der Waals surface area contributed by atoms with E-state index in [2.05, 4.69) is 15.6 Å². The quantitative estimate of drug-likeness (QED) is 0.516. The van der Waals surface area contributed by atoms with Gasteiger partial charge in [0.2, 0.25) is 5.91 Å². The van der Waals surface area contributed by atoms with Gasteiger partial charge >= 0.3 is 0 Å². The van der Waals surface area contributed by atoms with E-state index < -0.39 is 0 Å². The van der Waals surface area contributed by atoms with E-state index in [1.807, 2.05) is 30.3 Å². The van der Waals surface area contributed by atoms with Crippen molar-refractivity contribution in [1.82, 2.24) is 15.6 Å². The predicted octanol–water partition coefficient (Wildman–Crippen LogP) is 4.09. The van der Waals surface area contributed by atoms with Crippen molar-refractivity contribution in [2.75, 3.05) is 13.1 Å². The minimum atomic E-state index is 0.104. The first-order valence-electron chi connectivity index (χ1n) is 10.3. The van der Waals surface area contributed by atoms with Crippen LogP contribution in [0, 0.1) is 0 Å². The molecule has 0 unspecified atom stereocenters. The highest BCUT2D eigenvalue weighted by molar-refractivity contribution is 5.75. The van der Waals surface area contributed by atoms with E-state index >= 15 is 0 Å². The third-order valence-electron chi connectivity index (χ3n) is 5.14. The maximum Gasteiger partial charge on any atom is 0.220 e. The van der Waals surface area contributed by atoms with Crippen LogP contribution in [-0.2, 0) is 11.2 Å². The number of carbonyl (C=O) groups excluding carboxylic acids is 1. The van der Waals surface area contributed by atoms with Crippen LogP contribution in [0.15, 0.2) is 40.9 Å². The lowest BCUT2D eigenvalue weighted by molar-refractivity contribution is -0.121. The molecule has 5 nitrogen and oxygen atoms in total. The predicted molar refractivity (Wildman–Crippen MR) is 107 cm³/mol. The molecular formula is C22H31N3O2. The Morgan fingerprint density at radius 3 is 2.63 bits per heavy atom. The summed E-state index contributed by atoms with van der Waals surface area (Å²) < 4.78 is 5.77. The van der Waals surface area contributed by atoms with Crippen molar-refractivity contribution in [3.8, 4) is 11.3 Å². The largest absolute Gasteiger partial charge is 0.441 e. The first-order chi connectivity index (χ1) is 13.3. The molecular weight excluding hydrogens is 338 g/mol. The molecule has 1 amide bonds. The third-order valence-corrected chi connectivity index (χ3v) is 5.14. The van der Waals surface area contributed by atoms with Crippen molar-refractivity contribution >= 4 is 5.91 Å². The number of benzene rings is 1. The van der Waals surface area contributed by atoms with Crippen molar-refractivity contribution in [2.24, 2.45) is 0 Å². The van der Waals surface area contributed by atoms with Gasteiger partial charge in [-0.15, -0.1) is 0 Å². The van der Waals surface area contributed by atoms with Crippen LogP contribution >= 0.6 is 0 Å². The standard InChI is InChI=1S/C22H31N3O2/c26-21(24-16-15-23-19-11-6-1-2-7-12-19)13-8-14-22-25-17-20(27-22)18-9-4-3-5-10-18/h3-5,9-10,17,19,23H,1-2,6-8,11-16H2,(H,24,26). The van der Waals surface area contributed by atoms with E-state index in [1.54, 1.807) is 6.20 Å². The zero-order valence-electron chi connectivity index (χ0n) is 16.1. The molecule has 1 aromatic carbocycles. The topological polar surface area (TPSA) is 67.2 Å². The van der Waals surface area contributed by atoms with Gasteiger partial charge in [0.15, 0.2) is 11.7 Å². The van der Waals surface area contributed by atoms with Crippen LogP contribution in [-0.4, -0.2) is 30.0 Å². The van der Waals surface area contributed by atoms with Crippen molar-refractivity contribution < 1.29 is 9.21 Å². The molecule has 0 spiro atoms. The monoisotopic (exact) mass is 369 g/mol. The average molecular weight is 370 g/mol. The number of nitrogens with zero attached hydrogens (tertiary/aromatic N) is 1. The van der Waals surface area contributed by atoms with Crippen LogP contribution in [0.3, 0.4) is 0 Å². The number of nitrogens with one attached hydrogen (secondary N) is 2. The molecule has 2 aromatic rings. The number of hydrogen-bond donors (Lipinski definition) is 2. The minimum absolute atomic E-state index is 0.104. The normalized spacial score (nSPS) is 15.4. The Kier molecular flexibility index (Phi) is 7.90. The lowest BCUT2D eigenvalue weighted by atomic mass is 10.1. The smallest absolute Gasteiger partial charge is 0.220 e. The van der Waals surface area contributed by atoms with E-state index in [1.165, 1.54) is 38.5 Å². The van der Waals surface area contributed by atoms with Crippen LogP contribution in [0.1, 0.15) is 57.3 Å². The number of rotatable bonds is 9. The Labute approximate surface area is 162 Å². The molecule has 0 atom stereocenters. The summed E-state index contributed by atoms with van der Waals surface area (Å²) in [7, 11) is 0. The molecule has 1 aliphatic rings. The molecule has 1 aliphatic carbocycles. The van der Waals surface area contributed by atoms with Crippen LogP contribution in [0.4, 0.5) is 0 Å². The van der Waals surface area contributed by atoms with E-state index in [0.29, 0.717) is 31.3 Å². The summed E-state index contributed by atoms with van der Waals surface area (Å²) in [5.74, 6) is 1.57. The summed E-state index contributed by atoms with van der Waals surface area (Å²) in [6, 6.07) is 10.6. The van der Waals surface area contributed by atoms with Crippen molar-refractivity contribution in [3.05, 3.63) is 42.4 Å². The molecule has 1 heterocycles. The zero-order valence-corrected chi connectivity index (χ0v) is 16.1. The second-order valence-electron chi connectivity index (χ2n) is 7.33. The fourth-order valence-electron chi connectivity index (χ4n) is 3.61. The number of oxazole rings is 1. The summed E-state index contributed by atoms with van der Waals surface area (Å²) in [6.45, 7) is 1.56. The van der Waals surface area contributed by atoms with E-state index in [0.717, 1.165) is 24.3 Å². The third kappa shape index (κ3) is 6.83. The Balaban J connectivity index is 1.28. The van der Waals surface area contributed by atoms with Gasteiger partial charge in [-0.25, -0.2) is 4.98 Å².